The molecule has 13 heteroatoms. The molecule has 4 aromatic rings. The molecule has 4 aromatic carbocycles. The van der Waals surface area contributed by atoms with Crippen LogP contribution in [0.1, 0.15) is 35.1 Å². The van der Waals surface area contributed by atoms with Crippen LogP contribution in [0.15, 0.2) is 105 Å². The van der Waals surface area contributed by atoms with Crippen LogP contribution in [-0.4, -0.2) is 87.0 Å². The minimum absolute atomic E-state index is 0.152. The lowest BCUT2D eigenvalue weighted by atomic mass is 10.0. The zero-order chi connectivity index (χ0) is 36.6. The van der Waals surface area contributed by atoms with Crippen molar-refractivity contribution in [2.45, 2.75) is 46.2 Å². The molecule has 4 aliphatic heterocycles. The van der Waals surface area contributed by atoms with E-state index in [2.05, 4.69) is 21.9 Å². The van der Waals surface area contributed by atoms with Gasteiger partial charge in [0.05, 0.1) is 33.4 Å². The number of aliphatic imine (C=N–C) groups is 2. The van der Waals surface area contributed by atoms with E-state index >= 15 is 0 Å². The zero-order valence-electron chi connectivity index (χ0n) is 28.3. The van der Waals surface area contributed by atoms with Crippen molar-refractivity contribution in [2.24, 2.45) is 9.98 Å². The number of aromatic hydroxyl groups is 2. The van der Waals surface area contributed by atoms with Crippen LogP contribution in [0.2, 0.25) is 0 Å². The lowest BCUT2D eigenvalue weighted by Crippen LogP contribution is -2.31. The number of nitrogens with one attached hydrogen (secondary N) is 1. The Hall–Kier alpha value is -5.11. The number of benzene rings is 4. The molecule has 0 saturated carbocycles. The molecule has 2 atom stereocenters. The van der Waals surface area contributed by atoms with Gasteiger partial charge in [-0.15, -0.1) is 0 Å². The molecule has 11 nitrogen and oxygen atoms in total. The molecule has 0 radical (unpaired) electrons. The van der Waals surface area contributed by atoms with Gasteiger partial charge in [-0.3, -0.25) is 14.8 Å². The van der Waals surface area contributed by atoms with Crippen molar-refractivity contribution in [3.8, 4) is 33.8 Å². The molecule has 4 aliphatic rings. The van der Waals surface area contributed by atoms with Crippen molar-refractivity contribution in [1.29, 1.82) is 0 Å². The van der Waals surface area contributed by atoms with E-state index in [1.807, 2.05) is 12.1 Å². The highest BCUT2D eigenvalue weighted by atomic mass is 32.2. The minimum atomic E-state index is -3.65. The van der Waals surface area contributed by atoms with Crippen LogP contribution >= 0.6 is 0 Å². The maximum atomic E-state index is 13.4. The zero-order valence-corrected chi connectivity index (χ0v) is 29.9. The highest BCUT2D eigenvalue weighted by molar-refractivity contribution is 7.92. The number of hydrogen-bond donors (Lipinski definition) is 3. The number of nitrogens with zero attached hydrogens (tertiary/aromatic N) is 3. The Balaban J connectivity index is 0.000000164. The van der Waals surface area contributed by atoms with Gasteiger partial charge in [-0.25, -0.2) is 16.8 Å². The first-order chi connectivity index (χ1) is 24.9. The summed E-state index contributed by atoms with van der Waals surface area (Å²) in [6.07, 6.45) is 5.54. The van der Waals surface area contributed by atoms with Crippen molar-refractivity contribution in [3.63, 3.8) is 0 Å². The van der Waals surface area contributed by atoms with Crippen LogP contribution in [0.25, 0.3) is 22.3 Å². The summed E-state index contributed by atoms with van der Waals surface area (Å²) in [5.41, 5.74) is 6.46. The molecule has 0 spiro atoms. The molecular formula is C39H38N4O7S2. The molecule has 52 heavy (non-hydrogen) atoms. The lowest BCUT2D eigenvalue weighted by molar-refractivity contribution is -0.124. The van der Waals surface area contributed by atoms with E-state index in [-0.39, 0.29) is 34.1 Å². The Bertz CT molecular complexity index is 2330. The average molecular weight is 739 g/mol. The van der Waals surface area contributed by atoms with Gasteiger partial charge in [-0.05, 0) is 107 Å². The summed E-state index contributed by atoms with van der Waals surface area (Å²) in [5.74, 6) is 0.0921. The van der Waals surface area contributed by atoms with Crippen molar-refractivity contribution < 1.29 is 31.8 Å². The molecule has 0 aliphatic carbocycles. The second-order valence-corrected chi connectivity index (χ2v) is 17.6. The fourth-order valence-corrected chi connectivity index (χ4v) is 10.9. The van der Waals surface area contributed by atoms with Gasteiger partial charge in [0.15, 0.2) is 19.7 Å². The van der Waals surface area contributed by atoms with Crippen molar-refractivity contribution in [3.05, 3.63) is 108 Å². The monoisotopic (exact) mass is 738 g/mol. The van der Waals surface area contributed by atoms with Crippen molar-refractivity contribution in [1.82, 2.24) is 10.2 Å². The van der Waals surface area contributed by atoms with E-state index in [1.165, 1.54) is 11.0 Å². The number of likely N-dealkylation sites (tertiary alicyclic amines) is 1. The first-order valence-corrected chi connectivity index (χ1v) is 20.1. The highest BCUT2D eigenvalue weighted by Gasteiger charge is 2.38. The van der Waals surface area contributed by atoms with E-state index in [9.17, 15) is 31.8 Å². The fraction of sp³-hybridized carbons (Fsp3) is 0.256. The SMILES string of the molecule is C=CC(=O)N1CC[C@H](S(=O)(=O)c2cc(-c3ccc(O)cc3)cc3c2C=NC3)C1.O=S(=O)(c1cc(-c2ccc(O)cc2)cc2c1C=NC2)[C@H]1CCNC1. The summed E-state index contributed by atoms with van der Waals surface area (Å²) in [6.45, 7) is 6.23. The van der Waals surface area contributed by atoms with Gasteiger partial charge in [0.1, 0.15) is 11.5 Å². The third-order valence-electron chi connectivity index (χ3n) is 9.96. The van der Waals surface area contributed by atoms with Gasteiger partial charge >= 0.3 is 0 Å². The molecule has 4 heterocycles. The molecule has 268 valence electrons. The smallest absolute Gasteiger partial charge is 0.245 e. The second kappa shape index (κ2) is 14.1. The van der Waals surface area contributed by atoms with Gasteiger partial charge in [-0.2, -0.15) is 0 Å². The van der Waals surface area contributed by atoms with E-state index in [0.717, 1.165) is 45.5 Å². The summed E-state index contributed by atoms with van der Waals surface area (Å²) in [4.78, 5) is 22.5. The van der Waals surface area contributed by atoms with Crippen LogP contribution in [0, 0.1) is 0 Å². The molecule has 2 fully saturated rings. The third-order valence-corrected chi connectivity index (χ3v) is 14.4. The minimum Gasteiger partial charge on any atom is -0.508 e. The molecule has 0 bridgehead atoms. The van der Waals surface area contributed by atoms with Crippen LogP contribution in [0.3, 0.4) is 0 Å². The number of phenolic OH excluding ortho intramolecular Hbond substituents is 2. The standard InChI is InChI=1S/C21H20N2O4S.C18H18N2O3S/c1-2-21(25)23-8-7-18(13-23)28(26,27)20-10-15(9-16-11-22-12-19(16)20)14-3-5-17(24)6-4-14;21-15-3-1-12(2-4-15)13-7-14-9-20-11-17(14)18(8-13)24(22,23)16-5-6-19-10-16/h2-6,9-10,12,18,24H,1,7-8,11,13H2;1-4,7-8,11,16,19,21H,5-6,9-10H2/t18-;16-/m00/s1. The van der Waals surface area contributed by atoms with E-state index in [4.69, 9.17) is 0 Å². The largest absolute Gasteiger partial charge is 0.508 e. The number of fused-ring (bicyclic) bond motifs is 2. The normalized spacial score (nSPS) is 18.9. The van der Waals surface area contributed by atoms with Gasteiger partial charge in [-0.1, -0.05) is 30.8 Å². The number of sulfone groups is 2. The molecule has 0 unspecified atom stereocenters. The molecule has 8 rings (SSSR count). The first kappa shape index (κ1) is 35.3. The van der Waals surface area contributed by atoms with E-state index in [0.29, 0.717) is 49.5 Å². The molecular weight excluding hydrogens is 701 g/mol. The van der Waals surface area contributed by atoms with Crippen LogP contribution in [0.4, 0.5) is 0 Å². The number of phenols is 2. The summed E-state index contributed by atoms with van der Waals surface area (Å²) in [5, 5.41) is 21.1. The topological polar surface area (TPSA) is 166 Å². The molecule has 0 aromatic heterocycles. The Labute approximate surface area is 302 Å². The molecule has 3 N–H and O–H groups in total. The summed E-state index contributed by atoms with van der Waals surface area (Å²) >= 11 is 0. The van der Waals surface area contributed by atoms with Crippen molar-refractivity contribution in [2.75, 3.05) is 26.2 Å². The Morgan fingerprint density at radius 1 is 0.731 bits per heavy atom. The maximum absolute atomic E-state index is 13.4. The predicted octanol–water partition coefficient (Wildman–Crippen LogP) is 4.68. The number of carbonyl (C=O) groups is 1. The van der Waals surface area contributed by atoms with Gasteiger partial charge in [0.25, 0.3) is 0 Å². The van der Waals surface area contributed by atoms with E-state index in [1.54, 1.807) is 73.1 Å². The summed E-state index contributed by atoms with van der Waals surface area (Å²) in [7, 11) is -7.05. The van der Waals surface area contributed by atoms with Gasteiger partial charge in [0.2, 0.25) is 5.91 Å². The fourth-order valence-electron chi connectivity index (χ4n) is 7.07. The average Bonchev–Trinajstić information content (AvgIpc) is 3.99. The summed E-state index contributed by atoms with van der Waals surface area (Å²) in [6, 6.07) is 20.8. The summed E-state index contributed by atoms with van der Waals surface area (Å²) < 4.78 is 53.0. The maximum Gasteiger partial charge on any atom is 0.245 e. The quantitative estimate of drug-likeness (QED) is 0.230. The number of hydrogen-bond acceptors (Lipinski definition) is 10. The lowest BCUT2D eigenvalue weighted by Gasteiger charge is -2.17. The highest BCUT2D eigenvalue weighted by Crippen LogP contribution is 2.36. The van der Waals surface area contributed by atoms with Crippen LogP contribution in [-0.2, 0) is 37.6 Å². The Morgan fingerprint density at radius 2 is 1.23 bits per heavy atom. The Kier molecular flexibility index (Phi) is 9.59. The molecule has 1 amide bonds. The Morgan fingerprint density at radius 3 is 1.69 bits per heavy atom. The third kappa shape index (κ3) is 6.79. The second-order valence-electron chi connectivity index (χ2n) is 13.2. The number of rotatable bonds is 7. The van der Waals surface area contributed by atoms with E-state index < -0.39 is 24.9 Å². The van der Waals surface area contributed by atoms with Crippen LogP contribution < -0.4 is 5.32 Å². The van der Waals surface area contributed by atoms with Gasteiger partial charge in [0, 0.05) is 43.2 Å². The van der Waals surface area contributed by atoms with Gasteiger partial charge < -0.3 is 20.4 Å². The predicted molar refractivity (Wildman–Crippen MR) is 201 cm³/mol. The first-order valence-electron chi connectivity index (χ1n) is 17.0. The number of amides is 1. The van der Waals surface area contributed by atoms with Crippen LogP contribution in [0.5, 0.6) is 11.5 Å². The number of carbonyl (C=O) groups excluding carboxylic acids is 1. The van der Waals surface area contributed by atoms with Crippen molar-refractivity contribution >= 4 is 38.0 Å². The molecule has 2 saturated heterocycles.